The first-order valence-corrected chi connectivity index (χ1v) is 10.2. The third kappa shape index (κ3) is 3.69. The molecule has 2 aromatic carbocycles. The van der Waals surface area contributed by atoms with Gasteiger partial charge in [0.15, 0.2) is 0 Å². The molecule has 1 aromatic heterocycles. The number of nitriles is 1. The molecule has 1 aliphatic rings. The first kappa shape index (κ1) is 20.1. The Morgan fingerprint density at radius 3 is 2.80 bits per heavy atom. The highest BCUT2D eigenvalue weighted by Gasteiger charge is 2.26. The summed E-state index contributed by atoms with van der Waals surface area (Å²) in [6.07, 6.45) is 0.869. The maximum atomic E-state index is 14.2. The Morgan fingerprint density at radius 1 is 1.23 bits per heavy atom. The molecule has 154 valence electrons. The maximum Gasteiger partial charge on any atom is 0.326 e. The second-order valence-electron chi connectivity index (χ2n) is 7.89. The van der Waals surface area contributed by atoms with Gasteiger partial charge < -0.3 is 9.30 Å². The van der Waals surface area contributed by atoms with Crippen molar-refractivity contribution in [3.63, 3.8) is 0 Å². The molecule has 0 fully saturated rings. The van der Waals surface area contributed by atoms with Gasteiger partial charge in [-0.25, -0.2) is 4.39 Å². The minimum Gasteiger partial charge on any atom is -0.459 e. The van der Waals surface area contributed by atoms with Crippen molar-refractivity contribution in [2.24, 2.45) is 0 Å². The smallest absolute Gasteiger partial charge is 0.326 e. The van der Waals surface area contributed by atoms with E-state index in [-0.39, 0.29) is 24.3 Å². The fourth-order valence-corrected chi connectivity index (χ4v) is 4.15. The Balaban J connectivity index is 1.56. The highest BCUT2D eigenvalue weighted by Crippen LogP contribution is 2.31. The third-order valence-electron chi connectivity index (χ3n) is 5.80. The van der Waals surface area contributed by atoms with Crippen molar-refractivity contribution < 1.29 is 13.9 Å². The number of aromatic nitrogens is 1. The van der Waals surface area contributed by atoms with Crippen LogP contribution < -0.4 is 0 Å². The SMILES string of the molecule is CC(C)N1CCc2c(c3ccccc3n2CC(=O)OCc2cccc(C#N)c2F)C1. The lowest BCUT2D eigenvalue weighted by Gasteiger charge is -2.31. The van der Waals surface area contributed by atoms with Crippen LogP contribution >= 0.6 is 0 Å². The van der Waals surface area contributed by atoms with Crippen molar-refractivity contribution in [3.05, 3.63) is 70.7 Å². The van der Waals surface area contributed by atoms with Gasteiger partial charge in [-0.1, -0.05) is 30.3 Å². The zero-order valence-electron chi connectivity index (χ0n) is 17.2. The third-order valence-corrected chi connectivity index (χ3v) is 5.80. The van der Waals surface area contributed by atoms with Crippen LogP contribution in [0, 0.1) is 17.1 Å². The van der Waals surface area contributed by atoms with Crippen molar-refractivity contribution >= 4 is 16.9 Å². The van der Waals surface area contributed by atoms with Gasteiger partial charge >= 0.3 is 5.97 Å². The Bertz CT molecular complexity index is 1140. The van der Waals surface area contributed by atoms with E-state index in [2.05, 4.69) is 24.8 Å². The standard InChI is InChI=1S/C24H24FN3O2/c1-16(2)27-11-10-22-20(13-27)19-8-3-4-9-21(19)28(22)14-23(29)30-15-18-7-5-6-17(12-26)24(18)25/h3-9,16H,10-11,13-15H2,1-2H3. The Morgan fingerprint density at radius 2 is 2.03 bits per heavy atom. The number of fused-ring (bicyclic) bond motifs is 3. The van der Waals surface area contributed by atoms with Crippen LogP contribution in [0.25, 0.3) is 10.9 Å². The molecule has 0 N–H and O–H groups in total. The van der Waals surface area contributed by atoms with E-state index >= 15 is 0 Å². The lowest BCUT2D eigenvalue weighted by Crippen LogP contribution is -2.36. The summed E-state index contributed by atoms with van der Waals surface area (Å²) in [7, 11) is 0. The van der Waals surface area contributed by atoms with Crippen molar-refractivity contribution in [2.75, 3.05) is 6.54 Å². The molecule has 0 spiro atoms. The van der Waals surface area contributed by atoms with Crippen LogP contribution in [0.1, 0.15) is 36.2 Å². The van der Waals surface area contributed by atoms with Crippen LogP contribution in [-0.2, 0) is 35.6 Å². The van der Waals surface area contributed by atoms with E-state index in [1.165, 1.54) is 28.8 Å². The molecule has 0 saturated heterocycles. The molecular formula is C24H24FN3O2. The van der Waals surface area contributed by atoms with Crippen LogP contribution in [0.4, 0.5) is 4.39 Å². The minimum absolute atomic E-state index is 0.0521. The number of carbonyl (C=O) groups excluding carboxylic acids is 1. The van der Waals surface area contributed by atoms with Gasteiger partial charge in [0.25, 0.3) is 0 Å². The number of rotatable bonds is 5. The van der Waals surface area contributed by atoms with Gasteiger partial charge in [-0.05, 0) is 31.5 Å². The van der Waals surface area contributed by atoms with Crippen molar-refractivity contribution in [1.82, 2.24) is 9.47 Å². The normalized spacial score (nSPS) is 14.0. The summed E-state index contributed by atoms with van der Waals surface area (Å²) in [4.78, 5) is 15.0. The quantitative estimate of drug-likeness (QED) is 0.598. The molecular weight excluding hydrogens is 381 g/mol. The summed E-state index contributed by atoms with van der Waals surface area (Å²) in [5.74, 6) is -1.06. The largest absolute Gasteiger partial charge is 0.459 e. The van der Waals surface area contributed by atoms with E-state index < -0.39 is 11.8 Å². The van der Waals surface area contributed by atoms with E-state index in [4.69, 9.17) is 10.00 Å². The Kier molecular flexibility index (Phi) is 5.56. The molecule has 0 saturated carbocycles. The van der Waals surface area contributed by atoms with Crippen molar-refractivity contribution in [2.45, 2.75) is 46.0 Å². The first-order valence-electron chi connectivity index (χ1n) is 10.2. The molecule has 5 nitrogen and oxygen atoms in total. The van der Waals surface area contributed by atoms with E-state index in [1.54, 1.807) is 12.1 Å². The second-order valence-corrected chi connectivity index (χ2v) is 7.89. The molecule has 1 aliphatic heterocycles. The predicted octanol–water partition coefficient (Wildman–Crippen LogP) is 4.16. The summed E-state index contributed by atoms with van der Waals surface area (Å²) >= 11 is 0. The second kappa shape index (κ2) is 8.29. The number of nitrogens with zero attached hydrogens (tertiary/aromatic N) is 3. The fourth-order valence-electron chi connectivity index (χ4n) is 4.15. The van der Waals surface area contributed by atoms with Gasteiger partial charge in [0, 0.05) is 47.7 Å². The summed E-state index contributed by atoms with van der Waals surface area (Å²) < 4.78 is 21.6. The molecule has 6 heteroatoms. The maximum absolute atomic E-state index is 14.2. The molecule has 3 aromatic rings. The summed E-state index contributed by atoms with van der Waals surface area (Å²) in [5, 5.41) is 10.1. The number of halogens is 1. The highest BCUT2D eigenvalue weighted by molar-refractivity contribution is 5.87. The first-order chi connectivity index (χ1) is 14.5. The Hall–Kier alpha value is -3.17. The molecule has 0 radical (unpaired) electrons. The van der Waals surface area contributed by atoms with E-state index in [1.807, 2.05) is 22.8 Å². The van der Waals surface area contributed by atoms with Gasteiger partial charge in [-0.3, -0.25) is 9.69 Å². The number of esters is 1. The van der Waals surface area contributed by atoms with E-state index in [0.717, 1.165) is 25.0 Å². The van der Waals surface area contributed by atoms with Crippen LogP contribution in [0.2, 0.25) is 0 Å². The average molecular weight is 405 g/mol. The average Bonchev–Trinajstić information content (AvgIpc) is 3.06. The van der Waals surface area contributed by atoms with Crippen LogP contribution in [-0.4, -0.2) is 28.0 Å². The van der Waals surface area contributed by atoms with E-state index in [0.29, 0.717) is 6.04 Å². The number of ether oxygens (including phenoxy) is 1. The number of benzene rings is 2. The lowest BCUT2D eigenvalue weighted by atomic mass is 10.0. The summed E-state index contributed by atoms with van der Waals surface area (Å²) in [5.41, 5.74) is 3.61. The predicted molar refractivity (Wildman–Crippen MR) is 112 cm³/mol. The van der Waals surface area contributed by atoms with Gasteiger partial charge in [0.1, 0.15) is 25.0 Å². The van der Waals surface area contributed by atoms with Crippen molar-refractivity contribution in [1.29, 1.82) is 5.26 Å². The molecule has 4 rings (SSSR count). The van der Waals surface area contributed by atoms with Crippen molar-refractivity contribution in [3.8, 4) is 6.07 Å². The lowest BCUT2D eigenvalue weighted by molar-refractivity contribution is -0.145. The van der Waals surface area contributed by atoms with Crippen LogP contribution in [0.5, 0.6) is 0 Å². The van der Waals surface area contributed by atoms with Gasteiger partial charge in [-0.2, -0.15) is 5.26 Å². The number of para-hydroxylation sites is 1. The molecule has 0 amide bonds. The zero-order valence-corrected chi connectivity index (χ0v) is 17.2. The van der Waals surface area contributed by atoms with Crippen LogP contribution in [0.15, 0.2) is 42.5 Å². The van der Waals surface area contributed by atoms with Gasteiger partial charge in [-0.15, -0.1) is 0 Å². The molecule has 0 atom stereocenters. The molecule has 0 aliphatic carbocycles. The van der Waals surface area contributed by atoms with Gasteiger partial charge in [0.2, 0.25) is 0 Å². The minimum atomic E-state index is -0.634. The summed E-state index contributed by atoms with van der Waals surface area (Å²) in [6.45, 7) is 6.09. The summed E-state index contributed by atoms with van der Waals surface area (Å²) in [6, 6.07) is 14.9. The number of carbonyl (C=O) groups is 1. The van der Waals surface area contributed by atoms with E-state index in [9.17, 15) is 9.18 Å². The molecule has 30 heavy (non-hydrogen) atoms. The number of hydrogen-bond donors (Lipinski definition) is 0. The van der Waals surface area contributed by atoms with Gasteiger partial charge in [0.05, 0.1) is 5.56 Å². The molecule has 0 unspecified atom stereocenters. The topological polar surface area (TPSA) is 58.3 Å². The van der Waals surface area contributed by atoms with Crippen LogP contribution in [0.3, 0.4) is 0 Å². The Labute approximate surface area is 175 Å². The monoisotopic (exact) mass is 405 g/mol. The number of hydrogen-bond acceptors (Lipinski definition) is 4. The highest BCUT2D eigenvalue weighted by atomic mass is 19.1. The fraction of sp³-hybridized carbons (Fsp3) is 0.333. The molecule has 0 bridgehead atoms. The molecule has 2 heterocycles. The zero-order chi connectivity index (χ0) is 21.3.